The van der Waals surface area contributed by atoms with E-state index in [1.54, 1.807) is 12.4 Å². The van der Waals surface area contributed by atoms with E-state index in [9.17, 15) is 0 Å². The van der Waals surface area contributed by atoms with E-state index in [0.29, 0.717) is 0 Å². The molecule has 0 aliphatic heterocycles. The molecule has 0 bridgehead atoms. The summed E-state index contributed by atoms with van der Waals surface area (Å²) in [6, 6.07) is 10.3. The molecular weight excluding hydrogens is 210 g/mol. The second-order valence-corrected chi connectivity index (χ2v) is 3.95. The molecule has 3 rings (SSSR count). The molecule has 3 nitrogen and oxygen atoms in total. The van der Waals surface area contributed by atoms with Gasteiger partial charge in [0.2, 0.25) is 0 Å². The summed E-state index contributed by atoms with van der Waals surface area (Å²) < 4.78 is 0. The van der Waals surface area contributed by atoms with Crippen LogP contribution in [0.1, 0.15) is 12.5 Å². The SMILES string of the molecule is CCc1c(-c2ccccc2)[nH]c2nccnc12. The van der Waals surface area contributed by atoms with Crippen molar-refractivity contribution in [3.05, 3.63) is 48.3 Å². The lowest BCUT2D eigenvalue weighted by molar-refractivity contribution is 1.15. The van der Waals surface area contributed by atoms with Crippen molar-refractivity contribution in [2.45, 2.75) is 13.3 Å². The summed E-state index contributed by atoms with van der Waals surface area (Å²) in [7, 11) is 0. The largest absolute Gasteiger partial charge is 0.338 e. The van der Waals surface area contributed by atoms with E-state index in [4.69, 9.17) is 0 Å². The van der Waals surface area contributed by atoms with E-state index >= 15 is 0 Å². The van der Waals surface area contributed by atoms with Gasteiger partial charge in [-0.15, -0.1) is 0 Å². The minimum atomic E-state index is 0.864. The predicted octanol–water partition coefficient (Wildman–Crippen LogP) is 3.19. The molecule has 0 unspecified atom stereocenters. The summed E-state index contributed by atoms with van der Waals surface area (Å²) in [4.78, 5) is 12.1. The van der Waals surface area contributed by atoms with E-state index in [1.807, 2.05) is 18.2 Å². The molecule has 0 fully saturated rings. The molecule has 2 heterocycles. The van der Waals surface area contributed by atoms with Crippen LogP contribution in [0.2, 0.25) is 0 Å². The van der Waals surface area contributed by atoms with Crippen LogP contribution in [-0.2, 0) is 6.42 Å². The van der Waals surface area contributed by atoms with Gasteiger partial charge in [0.15, 0.2) is 5.65 Å². The molecule has 1 aromatic carbocycles. The molecule has 0 saturated carbocycles. The van der Waals surface area contributed by atoms with Crippen LogP contribution >= 0.6 is 0 Å². The molecule has 84 valence electrons. The maximum atomic E-state index is 4.40. The molecule has 0 aliphatic rings. The molecule has 2 aromatic heterocycles. The van der Waals surface area contributed by atoms with Crippen molar-refractivity contribution in [2.24, 2.45) is 0 Å². The van der Waals surface area contributed by atoms with Crippen LogP contribution in [0.3, 0.4) is 0 Å². The average Bonchev–Trinajstić information content (AvgIpc) is 2.78. The van der Waals surface area contributed by atoms with Gasteiger partial charge in [-0.1, -0.05) is 37.3 Å². The lowest BCUT2D eigenvalue weighted by Gasteiger charge is -2.01. The highest BCUT2D eigenvalue weighted by Crippen LogP contribution is 2.28. The Labute approximate surface area is 99.5 Å². The fourth-order valence-electron chi connectivity index (χ4n) is 2.16. The second kappa shape index (κ2) is 4.01. The van der Waals surface area contributed by atoms with Gasteiger partial charge in [0.1, 0.15) is 5.52 Å². The molecule has 0 amide bonds. The molecule has 0 radical (unpaired) electrons. The first kappa shape index (κ1) is 10.0. The summed E-state index contributed by atoms with van der Waals surface area (Å²) in [5.41, 5.74) is 5.40. The van der Waals surface area contributed by atoms with Crippen LogP contribution in [-0.4, -0.2) is 15.0 Å². The first-order chi connectivity index (χ1) is 8.40. The normalized spacial score (nSPS) is 10.9. The van der Waals surface area contributed by atoms with Crippen molar-refractivity contribution in [3.8, 4) is 11.3 Å². The highest BCUT2D eigenvalue weighted by atomic mass is 14.9. The van der Waals surface area contributed by atoms with Gasteiger partial charge in [0, 0.05) is 18.0 Å². The maximum absolute atomic E-state index is 4.40. The van der Waals surface area contributed by atoms with E-state index < -0.39 is 0 Å². The number of H-pyrrole nitrogens is 1. The molecule has 0 aliphatic carbocycles. The van der Waals surface area contributed by atoms with Crippen molar-refractivity contribution in [1.29, 1.82) is 0 Å². The highest BCUT2D eigenvalue weighted by molar-refractivity contribution is 5.85. The highest BCUT2D eigenvalue weighted by Gasteiger charge is 2.12. The quantitative estimate of drug-likeness (QED) is 0.725. The van der Waals surface area contributed by atoms with E-state index in [0.717, 1.165) is 23.3 Å². The zero-order chi connectivity index (χ0) is 11.7. The number of benzene rings is 1. The van der Waals surface area contributed by atoms with Crippen molar-refractivity contribution in [3.63, 3.8) is 0 Å². The van der Waals surface area contributed by atoms with Crippen LogP contribution in [0.5, 0.6) is 0 Å². The number of nitrogens with one attached hydrogen (secondary N) is 1. The Morgan fingerprint density at radius 2 is 1.82 bits per heavy atom. The van der Waals surface area contributed by atoms with Crippen molar-refractivity contribution in [2.75, 3.05) is 0 Å². The first-order valence-corrected chi connectivity index (χ1v) is 5.77. The topological polar surface area (TPSA) is 41.6 Å². The Morgan fingerprint density at radius 1 is 1.06 bits per heavy atom. The fourth-order valence-corrected chi connectivity index (χ4v) is 2.16. The second-order valence-electron chi connectivity index (χ2n) is 3.95. The summed E-state index contributed by atoms with van der Waals surface area (Å²) in [5, 5.41) is 0. The molecular formula is C14H13N3. The average molecular weight is 223 g/mol. The number of rotatable bonds is 2. The fraction of sp³-hybridized carbons (Fsp3) is 0.143. The van der Waals surface area contributed by atoms with Crippen molar-refractivity contribution >= 4 is 11.2 Å². The van der Waals surface area contributed by atoms with E-state index in [1.165, 1.54) is 11.1 Å². The number of nitrogens with zero attached hydrogens (tertiary/aromatic N) is 2. The van der Waals surface area contributed by atoms with Crippen LogP contribution in [0.4, 0.5) is 0 Å². The number of aromatic amines is 1. The Bertz CT molecular complexity index is 641. The smallest absolute Gasteiger partial charge is 0.156 e. The van der Waals surface area contributed by atoms with Gasteiger partial charge < -0.3 is 4.98 Å². The molecule has 0 atom stereocenters. The van der Waals surface area contributed by atoms with Crippen LogP contribution in [0.15, 0.2) is 42.7 Å². The zero-order valence-corrected chi connectivity index (χ0v) is 9.64. The predicted molar refractivity (Wildman–Crippen MR) is 68.7 cm³/mol. The van der Waals surface area contributed by atoms with Gasteiger partial charge in [-0.2, -0.15) is 0 Å². The van der Waals surface area contributed by atoms with Gasteiger partial charge >= 0.3 is 0 Å². The van der Waals surface area contributed by atoms with Gasteiger partial charge in [0.25, 0.3) is 0 Å². The van der Waals surface area contributed by atoms with Crippen molar-refractivity contribution in [1.82, 2.24) is 15.0 Å². The summed E-state index contributed by atoms with van der Waals surface area (Å²) >= 11 is 0. The van der Waals surface area contributed by atoms with E-state index in [2.05, 4.69) is 34.0 Å². The first-order valence-electron chi connectivity index (χ1n) is 5.77. The minimum absolute atomic E-state index is 0.864. The van der Waals surface area contributed by atoms with E-state index in [-0.39, 0.29) is 0 Å². The third-order valence-corrected chi connectivity index (χ3v) is 2.95. The van der Waals surface area contributed by atoms with Gasteiger partial charge in [0.05, 0.1) is 5.69 Å². The molecule has 3 heteroatoms. The van der Waals surface area contributed by atoms with Crippen LogP contribution in [0, 0.1) is 0 Å². The number of fused-ring (bicyclic) bond motifs is 1. The summed E-state index contributed by atoms with van der Waals surface area (Å²) in [6.45, 7) is 2.14. The molecule has 3 aromatic rings. The Balaban J connectivity index is 2.30. The number of hydrogen-bond donors (Lipinski definition) is 1. The summed E-state index contributed by atoms with van der Waals surface area (Å²) in [5.74, 6) is 0. The Kier molecular flexibility index (Phi) is 2.37. The number of aryl methyl sites for hydroxylation is 1. The summed E-state index contributed by atoms with van der Waals surface area (Å²) in [6.07, 6.45) is 4.40. The monoisotopic (exact) mass is 223 g/mol. The maximum Gasteiger partial charge on any atom is 0.156 e. The molecule has 0 spiro atoms. The third-order valence-electron chi connectivity index (χ3n) is 2.95. The number of hydrogen-bond acceptors (Lipinski definition) is 2. The van der Waals surface area contributed by atoms with Gasteiger partial charge in [-0.3, -0.25) is 4.98 Å². The lowest BCUT2D eigenvalue weighted by Crippen LogP contribution is -1.85. The standard InChI is InChI=1S/C14H13N3/c1-2-11-12(10-6-4-3-5-7-10)17-14-13(11)15-8-9-16-14/h3-9H,2H2,1H3,(H,16,17). The molecule has 0 saturated heterocycles. The minimum Gasteiger partial charge on any atom is -0.338 e. The Morgan fingerprint density at radius 3 is 2.59 bits per heavy atom. The van der Waals surface area contributed by atoms with Gasteiger partial charge in [-0.25, -0.2) is 4.98 Å². The third kappa shape index (κ3) is 1.60. The van der Waals surface area contributed by atoms with Gasteiger partial charge in [-0.05, 0) is 12.0 Å². The zero-order valence-electron chi connectivity index (χ0n) is 9.64. The van der Waals surface area contributed by atoms with Crippen molar-refractivity contribution < 1.29 is 0 Å². The Hall–Kier alpha value is -2.16. The number of aromatic nitrogens is 3. The van der Waals surface area contributed by atoms with Crippen LogP contribution < -0.4 is 0 Å². The van der Waals surface area contributed by atoms with Crippen LogP contribution in [0.25, 0.3) is 22.4 Å². The molecule has 17 heavy (non-hydrogen) atoms. The molecule has 1 N–H and O–H groups in total. The lowest BCUT2D eigenvalue weighted by atomic mass is 10.1.